The van der Waals surface area contributed by atoms with Crippen molar-refractivity contribution in [2.45, 2.75) is 58.4 Å². The first-order valence-corrected chi connectivity index (χ1v) is 10.3. The molecule has 31 heavy (non-hydrogen) atoms. The number of nitrogens with zero attached hydrogens (tertiary/aromatic N) is 1. The molecule has 0 aliphatic carbocycles. The van der Waals surface area contributed by atoms with E-state index in [2.05, 4.69) is 0 Å². The Labute approximate surface area is 179 Å². The van der Waals surface area contributed by atoms with Crippen LogP contribution in [-0.2, 0) is 10.9 Å². The third-order valence-corrected chi connectivity index (χ3v) is 5.26. The van der Waals surface area contributed by atoms with E-state index in [-0.39, 0.29) is 5.92 Å². The molecular weight excluding hydrogens is 411 g/mol. The number of benzene rings is 1. The number of rotatable bonds is 3. The molecule has 0 unspecified atom stereocenters. The summed E-state index contributed by atoms with van der Waals surface area (Å²) in [7, 11) is 0. The lowest BCUT2D eigenvalue weighted by Crippen LogP contribution is -2.44. The van der Waals surface area contributed by atoms with Crippen LogP contribution in [0.2, 0.25) is 0 Å². The summed E-state index contributed by atoms with van der Waals surface area (Å²) in [5, 5.41) is 10.9. The zero-order valence-corrected chi connectivity index (χ0v) is 18.1. The summed E-state index contributed by atoms with van der Waals surface area (Å²) in [6.07, 6.45) is -4.31. The van der Waals surface area contributed by atoms with E-state index in [1.54, 1.807) is 38.7 Å². The predicted octanol–water partition coefficient (Wildman–Crippen LogP) is 5.95. The highest BCUT2D eigenvalue weighted by molar-refractivity contribution is 5.68. The van der Waals surface area contributed by atoms with Crippen LogP contribution in [0.15, 0.2) is 34.7 Å². The first kappa shape index (κ1) is 23.2. The van der Waals surface area contributed by atoms with Crippen LogP contribution in [0.3, 0.4) is 0 Å². The van der Waals surface area contributed by atoms with Gasteiger partial charge in [0.2, 0.25) is 0 Å². The standard InChI is InChI=1S/C23H28F3NO4/c1-14-12-18(30-20(14)15-7-9-17(10-8-15)23(24,25)26)19(28)16-6-5-11-27(13-16)21(29)31-22(2,3)4/h7-10,12,16,19,28H,5-6,11,13H2,1-4H3/t16-,19-/m1/s1. The van der Waals surface area contributed by atoms with Gasteiger partial charge in [-0.1, -0.05) is 12.1 Å². The molecule has 1 aliphatic heterocycles. The first-order valence-electron chi connectivity index (χ1n) is 10.3. The second kappa shape index (κ2) is 8.57. The van der Waals surface area contributed by atoms with Gasteiger partial charge in [-0.25, -0.2) is 4.79 Å². The number of hydrogen-bond acceptors (Lipinski definition) is 4. The third-order valence-electron chi connectivity index (χ3n) is 5.26. The van der Waals surface area contributed by atoms with E-state index in [1.165, 1.54) is 12.1 Å². The molecule has 2 heterocycles. The number of piperidine rings is 1. The molecule has 0 saturated carbocycles. The topological polar surface area (TPSA) is 62.9 Å². The number of carbonyl (C=O) groups excluding carboxylic acids is 1. The number of aliphatic hydroxyl groups is 1. The Balaban J connectivity index is 1.74. The van der Waals surface area contributed by atoms with Crippen molar-refractivity contribution in [1.29, 1.82) is 0 Å². The van der Waals surface area contributed by atoms with Crippen molar-refractivity contribution in [1.82, 2.24) is 4.90 Å². The fraction of sp³-hybridized carbons (Fsp3) is 0.522. The molecule has 5 nitrogen and oxygen atoms in total. The van der Waals surface area contributed by atoms with Gasteiger partial charge in [0.1, 0.15) is 23.2 Å². The summed E-state index contributed by atoms with van der Waals surface area (Å²) in [6.45, 7) is 8.08. The largest absolute Gasteiger partial charge is 0.458 e. The summed E-state index contributed by atoms with van der Waals surface area (Å²) >= 11 is 0. The van der Waals surface area contributed by atoms with Crippen LogP contribution in [0, 0.1) is 12.8 Å². The lowest BCUT2D eigenvalue weighted by atomic mass is 9.91. The molecule has 0 bridgehead atoms. The lowest BCUT2D eigenvalue weighted by Gasteiger charge is -2.35. The van der Waals surface area contributed by atoms with Crippen molar-refractivity contribution < 1.29 is 32.2 Å². The fourth-order valence-corrected chi connectivity index (χ4v) is 3.74. The molecule has 1 aromatic heterocycles. The van der Waals surface area contributed by atoms with Gasteiger partial charge in [-0.05, 0) is 64.3 Å². The molecule has 2 atom stereocenters. The van der Waals surface area contributed by atoms with E-state index in [4.69, 9.17) is 9.15 Å². The molecule has 0 spiro atoms. The molecule has 1 N–H and O–H groups in total. The molecule has 1 fully saturated rings. The Bertz CT molecular complexity index is 912. The Morgan fingerprint density at radius 3 is 2.45 bits per heavy atom. The normalized spacial score (nSPS) is 18.7. The van der Waals surface area contributed by atoms with E-state index in [0.717, 1.165) is 25.0 Å². The Morgan fingerprint density at radius 2 is 1.87 bits per heavy atom. The van der Waals surface area contributed by atoms with Gasteiger partial charge in [-0.3, -0.25) is 0 Å². The predicted molar refractivity (Wildman–Crippen MR) is 109 cm³/mol. The molecule has 3 rings (SSSR count). The van der Waals surface area contributed by atoms with Crippen LogP contribution < -0.4 is 0 Å². The van der Waals surface area contributed by atoms with Crippen LogP contribution in [0.5, 0.6) is 0 Å². The second-order valence-corrected chi connectivity index (χ2v) is 9.01. The van der Waals surface area contributed by atoms with E-state index >= 15 is 0 Å². The fourth-order valence-electron chi connectivity index (χ4n) is 3.74. The van der Waals surface area contributed by atoms with Crippen LogP contribution in [0.1, 0.15) is 56.6 Å². The monoisotopic (exact) mass is 439 g/mol. The maximum atomic E-state index is 12.8. The number of likely N-dealkylation sites (tertiary alicyclic amines) is 1. The highest BCUT2D eigenvalue weighted by Gasteiger charge is 2.34. The molecule has 1 aliphatic rings. The van der Waals surface area contributed by atoms with Gasteiger partial charge in [0.15, 0.2) is 0 Å². The smallest absolute Gasteiger partial charge is 0.416 e. The minimum absolute atomic E-state index is 0.229. The van der Waals surface area contributed by atoms with Crippen molar-refractivity contribution in [2.24, 2.45) is 5.92 Å². The van der Waals surface area contributed by atoms with Gasteiger partial charge in [0.05, 0.1) is 5.56 Å². The Hall–Kier alpha value is -2.48. The second-order valence-electron chi connectivity index (χ2n) is 9.01. The summed E-state index contributed by atoms with van der Waals surface area (Å²) < 4.78 is 49.7. The number of alkyl halides is 3. The van der Waals surface area contributed by atoms with Gasteiger partial charge in [0.25, 0.3) is 0 Å². The van der Waals surface area contributed by atoms with Gasteiger partial charge < -0.3 is 19.2 Å². The number of ether oxygens (including phenoxy) is 1. The van der Waals surface area contributed by atoms with Gasteiger partial charge in [-0.15, -0.1) is 0 Å². The average Bonchev–Trinajstić information content (AvgIpc) is 3.07. The van der Waals surface area contributed by atoms with Gasteiger partial charge in [-0.2, -0.15) is 13.2 Å². The summed E-state index contributed by atoms with van der Waals surface area (Å²) in [6, 6.07) is 6.43. The van der Waals surface area contributed by atoms with E-state index in [1.807, 2.05) is 0 Å². The number of furan rings is 1. The molecule has 1 amide bonds. The maximum absolute atomic E-state index is 12.8. The van der Waals surface area contributed by atoms with Gasteiger partial charge >= 0.3 is 12.3 Å². The van der Waals surface area contributed by atoms with Crippen LogP contribution in [0.25, 0.3) is 11.3 Å². The minimum atomic E-state index is -4.40. The van der Waals surface area contributed by atoms with Crippen molar-refractivity contribution in [2.75, 3.05) is 13.1 Å². The molecule has 170 valence electrons. The summed E-state index contributed by atoms with van der Waals surface area (Å²) in [5.74, 6) is 0.526. The molecule has 1 aromatic carbocycles. The van der Waals surface area contributed by atoms with Crippen molar-refractivity contribution >= 4 is 6.09 Å². The Kier molecular flexibility index (Phi) is 6.41. The van der Waals surface area contributed by atoms with Crippen LogP contribution in [0.4, 0.5) is 18.0 Å². The maximum Gasteiger partial charge on any atom is 0.416 e. The number of halogens is 3. The van der Waals surface area contributed by atoms with E-state index in [9.17, 15) is 23.1 Å². The number of amides is 1. The highest BCUT2D eigenvalue weighted by atomic mass is 19.4. The number of aliphatic hydroxyl groups excluding tert-OH is 1. The molecule has 8 heteroatoms. The number of carbonyl (C=O) groups is 1. The number of hydrogen-bond donors (Lipinski definition) is 1. The van der Waals surface area contributed by atoms with Crippen LogP contribution in [-0.4, -0.2) is 34.8 Å². The quantitative estimate of drug-likeness (QED) is 0.642. The molecule has 0 radical (unpaired) electrons. The minimum Gasteiger partial charge on any atom is -0.458 e. The summed E-state index contributed by atoms with van der Waals surface area (Å²) in [5.41, 5.74) is -0.112. The Morgan fingerprint density at radius 1 is 1.23 bits per heavy atom. The highest BCUT2D eigenvalue weighted by Crippen LogP contribution is 2.37. The number of aryl methyl sites for hydroxylation is 1. The molecular formula is C23H28F3NO4. The summed E-state index contributed by atoms with van der Waals surface area (Å²) in [4.78, 5) is 14.0. The molecule has 2 aromatic rings. The zero-order valence-electron chi connectivity index (χ0n) is 18.1. The van der Waals surface area contributed by atoms with Gasteiger partial charge in [0, 0.05) is 24.6 Å². The zero-order chi connectivity index (χ0) is 23.0. The third kappa shape index (κ3) is 5.61. The average molecular weight is 439 g/mol. The van der Waals surface area contributed by atoms with E-state index < -0.39 is 29.5 Å². The lowest BCUT2D eigenvalue weighted by molar-refractivity contribution is -0.137. The van der Waals surface area contributed by atoms with Crippen LogP contribution >= 0.6 is 0 Å². The van der Waals surface area contributed by atoms with Crippen molar-refractivity contribution in [3.63, 3.8) is 0 Å². The SMILES string of the molecule is Cc1cc([C@H](O)[C@@H]2CCCN(C(=O)OC(C)(C)C)C2)oc1-c1ccc(C(F)(F)F)cc1. The van der Waals surface area contributed by atoms with E-state index in [0.29, 0.717) is 35.7 Å². The van der Waals surface area contributed by atoms with Crippen molar-refractivity contribution in [3.05, 3.63) is 47.2 Å². The molecule has 1 saturated heterocycles. The first-order chi connectivity index (χ1) is 14.3. The van der Waals surface area contributed by atoms with Crippen molar-refractivity contribution in [3.8, 4) is 11.3 Å².